The zero-order valence-electron chi connectivity index (χ0n) is 20.5. The number of Topliss-reactive ketones (excluding diaryl/α,β-unsaturated/α-hetero) is 1. The molecule has 0 aromatic carbocycles. The maximum Gasteiger partial charge on any atom is 0.303 e. The van der Waals surface area contributed by atoms with Crippen LogP contribution in [0.15, 0.2) is 0 Å². The van der Waals surface area contributed by atoms with Gasteiger partial charge in [-0.15, -0.1) is 0 Å². The zero-order chi connectivity index (χ0) is 24.5. The Morgan fingerprint density at radius 3 is 2.27 bits per heavy atom. The Morgan fingerprint density at radius 1 is 1.06 bits per heavy atom. The molecule has 4 fully saturated rings. The number of fused-ring (bicyclic) bond motifs is 3. The number of carbonyl (C=O) groups is 3. The van der Waals surface area contributed by atoms with E-state index in [2.05, 4.69) is 0 Å². The fourth-order valence-corrected chi connectivity index (χ4v) is 8.85. The molecule has 8 heteroatoms. The molecule has 0 aromatic rings. The Balaban J connectivity index is 1.88. The number of rotatable bonds is 4. The monoisotopic (exact) mass is 466 g/mol. The van der Waals surface area contributed by atoms with Gasteiger partial charge < -0.3 is 24.4 Å². The summed E-state index contributed by atoms with van der Waals surface area (Å²) in [5.74, 6) is -2.44. The fraction of sp³-hybridized carbons (Fsp3) is 0.880. The van der Waals surface area contributed by atoms with E-state index in [0.717, 1.165) is 0 Å². The molecule has 186 valence electrons. The molecule has 2 bridgehead atoms. The SMILES string of the molecule is COC[C@@H]1C(=O)[C@]23C[C@H]1C[C@H](O)[C@H]2[C@]1(C)CC[C@H](OC(C)=O)C(C)(C)[C@H]1[C@@H](O)[C@@H]3OC(C)=O. The number of ketones is 1. The topological polar surface area (TPSA) is 119 Å². The van der Waals surface area contributed by atoms with Gasteiger partial charge in [-0.25, -0.2) is 0 Å². The lowest BCUT2D eigenvalue weighted by Gasteiger charge is -2.67. The van der Waals surface area contributed by atoms with Crippen LogP contribution in [0.4, 0.5) is 0 Å². The van der Waals surface area contributed by atoms with Crippen LogP contribution in [0.2, 0.25) is 0 Å². The summed E-state index contributed by atoms with van der Waals surface area (Å²) in [6.07, 6.45) is -1.31. The Labute approximate surface area is 195 Å². The molecular formula is C25H38O8. The first-order chi connectivity index (χ1) is 15.3. The molecule has 4 aliphatic carbocycles. The Bertz CT molecular complexity index is 838. The highest BCUT2D eigenvalue weighted by molar-refractivity contribution is 5.92. The second-order valence-corrected chi connectivity index (χ2v) is 11.7. The fourth-order valence-electron chi connectivity index (χ4n) is 8.85. The Kier molecular flexibility index (Phi) is 5.98. The molecule has 0 aromatic heterocycles. The Morgan fingerprint density at radius 2 is 1.70 bits per heavy atom. The van der Waals surface area contributed by atoms with Crippen LogP contribution in [0, 0.1) is 39.9 Å². The lowest BCUT2D eigenvalue weighted by atomic mass is 9.38. The summed E-state index contributed by atoms with van der Waals surface area (Å²) >= 11 is 0. The van der Waals surface area contributed by atoms with E-state index in [0.29, 0.717) is 25.7 Å². The number of carbonyl (C=O) groups excluding carboxylic acids is 3. The molecule has 1 spiro atoms. The lowest BCUT2D eigenvalue weighted by molar-refractivity contribution is -0.282. The molecule has 4 rings (SSSR count). The minimum absolute atomic E-state index is 0.0687. The van der Waals surface area contributed by atoms with Crippen molar-refractivity contribution >= 4 is 17.7 Å². The first-order valence-corrected chi connectivity index (χ1v) is 12.1. The van der Waals surface area contributed by atoms with E-state index in [9.17, 15) is 24.6 Å². The van der Waals surface area contributed by atoms with E-state index in [4.69, 9.17) is 14.2 Å². The number of aliphatic hydroxyl groups is 2. The van der Waals surface area contributed by atoms with Gasteiger partial charge in [0.2, 0.25) is 0 Å². The standard InChI is InChI=1S/C25H38O8/c1-12(26)32-17-7-8-24(5)19-16(28)9-14-10-25(19,21(30)15(14)11-31-6)22(33-13(2)27)18(29)20(24)23(17,3)4/h14-20,22,28-29H,7-11H2,1-6H3/t14-,15+,16+,17+,18-,19+,20-,22+,24+,25+/m1/s1. The number of methoxy groups -OCH3 is 1. The second kappa shape index (κ2) is 8.02. The predicted molar refractivity (Wildman–Crippen MR) is 117 cm³/mol. The molecule has 4 aliphatic rings. The van der Waals surface area contributed by atoms with Gasteiger partial charge in [0.1, 0.15) is 18.0 Å². The van der Waals surface area contributed by atoms with Crippen molar-refractivity contribution in [2.24, 2.45) is 39.9 Å². The number of hydrogen-bond donors (Lipinski definition) is 2. The average Bonchev–Trinajstić information content (AvgIpc) is 2.89. The highest BCUT2D eigenvalue weighted by Crippen LogP contribution is 2.71. The highest BCUT2D eigenvalue weighted by Gasteiger charge is 2.77. The summed E-state index contributed by atoms with van der Waals surface area (Å²) in [6, 6.07) is 0. The van der Waals surface area contributed by atoms with Crippen molar-refractivity contribution in [2.75, 3.05) is 13.7 Å². The molecule has 0 heterocycles. The normalized spacial score (nSPS) is 47.9. The summed E-state index contributed by atoms with van der Waals surface area (Å²) < 4.78 is 16.8. The molecule has 10 atom stereocenters. The summed E-state index contributed by atoms with van der Waals surface area (Å²) in [7, 11) is 1.55. The number of hydrogen-bond acceptors (Lipinski definition) is 8. The molecule has 0 radical (unpaired) electrons. The van der Waals surface area contributed by atoms with E-state index in [1.54, 1.807) is 7.11 Å². The average molecular weight is 467 g/mol. The first kappa shape index (κ1) is 24.6. The van der Waals surface area contributed by atoms with Crippen LogP contribution in [-0.4, -0.2) is 66.1 Å². The van der Waals surface area contributed by atoms with Crippen LogP contribution in [0.1, 0.15) is 60.3 Å². The molecule has 0 unspecified atom stereocenters. The summed E-state index contributed by atoms with van der Waals surface area (Å²) in [6.45, 7) is 8.85. The van der Waals surface area contributed by atoms with Crippen LogP contribution in [0.5, 0.6) is 0 Å². The quantitative estimate of drug-likeness (QED) is 0.603. The largest absolute Gasteiger partial charge is 0.462 e. The smallest absolute Gasteiger partial charge is 0.303 e. The lowest BCUT2D eigenvalue weighted by Crippen LogP contribution is -2.73. The third-order valence-electron chi connectivity index (χ3n) is 9.55. The Hall–Kier alpha value is -1.51. The number of aliphatic hydroxyl groups excluding tert-OH is 2. The maximum absolute atomic E-state index is 14.0. The minimum atomic E-state index is -1.16. The van der Waals surface area contributed by atoms with Gasteiger partial charge in [-0.05, 0) is 37.0 Å². The van der Waals surface area contributed by atoms with Crippen molar-refractivity contribution in [3.63, 3.8) is 0 Å². The van der Waals surface area contributed by atoms with Gasteiger partial charge in [0.25, 0.3) is 0 Å². The molecular weight excluding hydrogens is 428 g/mol. The number of esters is 2. The van der Waals surface area contributed by atoms with E-state index >= 15 is 0 Å². The van der Waals surface area contributed by atoms with Gasteiger partial charge in [-0.3, -0.25) is 14.4 Å². The molecule has 8 nitrogen and oxygen atoms in total. The maximum atomic E-state index is 14.0. The van der Waals surface area contributed by atoms with Crippen molar-refractivity contribution in [1.82, 2.24) is 0 Å². The minimum Gasteiger partial charge on any atom is -0.462 e. The molecule has 0 aliphatic heterocycles. The molecule has 33 heavy (non-hydrogen) atoms. The highest BCUT2D eigenvalue weighted by atomic mass is 16.6. The van der Waals surface area contributed by atoms with Gasteiger partial charge >= 0.3 is 11.9 Å². The van der Waals surface area contributed by atoms with Crippen LogP contribution in [0.3, 0.4) is 0 Å². The molecule has 2 N–H and O–H groups in total. The molecule has 0 saturated heterocycles. The van der Waals surface area contributed by atoms with Crippen molar-refractivity contribution in [3.8, 4) is 0 Å². The van der Waals surface area contributed by atoms with Gasteiger partial charge in [-0.1, -0.05) is 20.8 Å². The van der Waals surface area contributed by atoms with Crippen molar-refractivity contribution < 1.29 is 38.8 Å². The van der Waals surface area contributed by atoms with Gasteiger partial charge in [-0.2, -0.15) is 0 Å². The van der Waals surface area contributed by atoms with Gasteiger partial charge in [0.15, 0.2) is 0 Å². The molecule has 4 saturated carbocycles. The van der Waals surface area contributed by atoms with Crippen LogP contribution in [-0.2, 0) is 28.6 Å². The summed E-state index contributed by atoms with van der Waals surface area (Å²) in [5, 5.41) is 23.4. The van der Waals surface area contributed by atoms with E-state index in [-0.39, 0.29) is 24.3 Å². The van der Waals surface area contributed by atoms with Crippen LogP contribution in [0.25, 0.3) is 0 Å². The second-order valence-electron chi connectivity index (χ2n) is 11.7. The zero-order valence-corrected chi connectivity index (χ0v) is 20.5. The van der Waals surface area contributed by atoms with Crippen LogP contribution >= 0.6 is 0 Å². The number of ether oxygens (including phenoxy) is 3. The third kappa shape index (κ3) is 3.31. The van der Waals surface area contributed by atoms with Crippen molar-refractivity contribution in [3.05, 3.63) is 0 Å². The molecule has 0 amide bonds. The first-order valence-electron chi connectivity index (χ1n) is 12.1. The van der Waals surface area contributed by atoms with Crippen LogP contribution < -0.4 is 0 Å². The van der Waals surface area contributed by atoms with Gasteiger partial charge in [0.05, 0.1) is 24.2 Å². The predicted octanol–water partition coefficient (Wildman–Crippen LogP) is 1.89. The van der Waals surface area contributed by atoms with E-state index < -0.39 is 64.4 Å². The third-order valence-corrected chi connectivity index (χ3v) is 9.55. The van der Waals surface area contributed by atoms with E-state index in [1.807, 2.05) is 20.8 Å². The van der Waals surface area contributed by atoms with Crippen molar-refractivity contribution in [2.45, 2.75) is 84.7 Å². The van der Waals surface area contributed by atoms with E-state index in [1.165, 1.54) is 13.8 Å². The van der Waals surface area contributed by atoms with Gasteiger partial charge in [0, 0.05) is 44.1 Å². The summed E-state index contributed by atoms with van der Waals surface area (Å²) in [4.78, 5) is 38.1. The summed E-state index contributed by atoms with van der Waals surface area (Å²) in [5.41, 5.74) is -2.44. The van der Waals surface area contributed by atoms with Crippen molar-refractivity contribution in [1.29, 1.82) is 0 Å².